The van der Waals surface area contributed by atoms with E-state index in [-0.39, 0.29) is 12.1 Å². The van der Waals surface area contributed by atoms with Crippen LogP contribution in [0.1, 0.15) is 42.5 Å². The maximum absolute atomic E-state index is 6.33. The number of rotatable bonds is 4. The number of hydrogen-bond donors (Lipinski definition) is 1. The molecule has 1 aliphatic rings. The third-order valence-electron chi connectivity index (χ3n) is 3.47. The summed E-state index contributed by atoms with van der Waals surface area (Å²) in [4.78, 5) is 5.11. The molecule has 0 amide bonds. The third-order valence-corrected chi connectivity index (χ3v) is 4.05. The van der Waals surface area contributed by atoms with Crippen molar-refractivity contribution in [3.05, 3.63) is 27.8 Å². The minimum atomic E-state index is 0.0584. The Morgan fingerprint density at radius 1 is 1.44 bits per heavy atom. The fourth-order valence-corrected chi connectivity index (χ4v) is 2.77. The quantitative estimate of drug-likeness (QED) is 0.846. The molecule has 1 aliphatic heterocycles. The summed E-state index contributed by atoms with van der Waals surface area (Å²) < 4.78 is 6.03. The molecular weight excluding hydrogens is 250 g/mol. The third kappa shape index (κ3) is 2.22. The van der Waals surface area contributed by atoms with Crippen LogP contribution in [0.25, 0.3) is 0 Å². The largest absolute Gasteiger partial charge is 0.488 e. The topological polar surface area (TPSA) is 30.5 Å². The number of aryl methyl sites for hydroxylation is 1. The van der Waals surface area contributed by atoms with Gasteiger partial charge in [-0.3, -0.25) is 0 Å². The highest BCUT2D eigenvalue weighted by Gasteiger charge is 2.36. The van der Waals surface area contributed by atoms with E-state index in [4.69, 9.17) is 21.2 Å². The van der Waals surface area contributed by atoms with Gasteiger partial charge in [0.2, 0.25) is 0 Å². The van der Waals surface area contributed by atoms with Crippen molar-refractivity contribution in [1.29, 1.82) is 0 Å². The van der Waals surface area contributed by atoms with Gasteiger partial charge in [-0.25, -0.2) is 0 Å². The van der Waals surface area contributed by atoms with Gasteiger partial charge in [-0.05, 0) is 37.5 Å². The van der Waals surface area contributed by atoms with E-state index in [0.29, 0.717) is 0 Å². The van der Waals surface area contributed by atoms with Crippen LogP contribution < -0.4 is 10.2 Å². The highest BCUT2D eigenvalue weighted by Crippen LogP contribution is 2.43. The van der Waals surface area contributed by atoms with E-state index in [9.17, 15) is 0 Å². The van der Waals surface area contributed by atoms with Crippen LogP contribution in [0.4, 0.5) is 0 Å². The molecular formula is C14H20ClNO2. The lowest BCUT2D eigenvalue weighted by molar-refractivity contribution is 0.0268. The van der Waals surface area contributed by atoms with E-state index in [1.165, 1.54) is 0 Å². The van der Waals surface area contributed by atoms with Crippen LogP contribution in [0.3, 0.4) is 0 Å². The van der Waals surface area contributed by atoms with Crippen molar-refractivity contribution in [3.63, 3.8) is 0 Å². The van der Waals surface area contributed by atoms with E-state index in [0.717, 1.165) is 40.3 Å². The highest BCUT2D eigenvalue weighted by atomic mass is 35.5. The predicted molar refractivity (Wildman–Crippen MR) is 73.1 cm³/mol. The molecule has 0 fully saturated rings. The van der Waals surface area contributed by atoms with Gasteiger partial charge in [-0.1, -0.05) is 24.9 Å². The first-order valence-electron chi connectivity index (χ1n) is 6.34. The minimum Gasteiger partial charge on any atom is -0.488 e. The second-order valence-electron chi connectivity index (χ2n) is 4.79. The van der Waals surface area contributed by atoms with Crippen LogP contribution in [0, 0.1) is 13.8 Å². The molecule has 0 spiro atoms. The molecule has 0 saturated carbocycles. The number of benzene rings is 1. The summed E-state index contributed by atoms with van der Waals surface area (Å²) in [6, 6.07) is 2.08. The molecule has 1 heterocycles. The fraction of sp³-hybridized carbons (Fsp3) is 0.571. The van der Waals surface area contributed by atoms with Crippen LogP contribution in [0.2, 0.25) is 5.02 Å². The van der Waals surface area contributed by atoms with Crippen molar-refractivity contribution >= 4 is 11.6 Å². The lowest BCUT2D eigenvalue weighted by Gasteiger charge is -2.19. The number of halogens is 1. The molecule has 0 aromatic heterocycles. The van der Waals surface area contributed by atoms with Crippen molar-refractivity contribution in [2.45, 2.75) is 45.8 Å². The Morgan fingerprint density at radius 3 is 2.78 bits per heavy atom. The lowest BCUT2D eigenvalue weighted by atomic mass is 9.96. The first-order valence-corrected chi connectivity index (χ1v) is 6.72. The molecule has 2 unspecified atom stereocenters. The van der Waals surface area contributed by atoms with Crippen LogP contribution in [-0.2, 0) is 4.84 Å². The molecule has 1 N–H and O–H groups in total. The second-order valence-corrected chi connectivity index (χ2v) is 5.17. The van der Waals surface area contributed by atoms with Crippen LogP contribution in [-0.4, -0.2) is 13.2 Å². The molecule has 18 heavy (non-hydrogen) atoms. The zero-order valence-electron chi connectivity index (χ0n) is 11.3. The molecule has 2 rings (SSSR count). The van der Waals surface area contributed by atoms with E-state index in [2.05, 4.69) is 12.4 Å². The summed E-state index contributed by atoms with van der Waals surface area (Å²) in [7, 11) is 1.63. The molecule has 2 atom stereocenters. The van der Waals surface area contributed by atoms with Crippen molar-refractivity contribution in [2.75, 3.05) is 7.11 Å². The Bertz CT molecular complexity index is 448. The number of fused-ring (bicyclic) bond motifs is 1. The van der Waals surface area contributed by atoms with Gasteiger partial charge in [0.15, 0.2) is 0 Å². The maximum atomic E-state index is 6.33. The van der Waals surface area contributed by atoms with E-state index >= 15 is 0 Å². The molecule has 0 aliphatic carbocycles. The van der Waals surface area contributed by atoms with Gasteiger partial charge in [-0.2, -0.15) is 5.48 Å². The smallest absolute Gasteiger partial charge is 0.125 e. The van der Waals surface area contributed by atoms with Gasteiger partial charge in [0, 0.05) is 10.6 Å². The molecule has 1 aromatic carbocycles. The predicted octanol–water partition coefficient (Wildman–Crippen LogP) is 3.71. The van der Waals surface area contributed by atoms with Gasteiger partial charge in [0.25, 0.3) is 0 Å². The Morgan fingerprint density at radius 2 is 2.17 bits per heavy atom. The summed E-state index contributed by atoms with van der Waals surface area (Å²) in [5, 5.41) is 0.817. The van der Waals surface area contributed by atoms with Crippen molar-refractivity contribution in [1.82, 2.24) is 5.48 Å². The molecule has 4 heteroatoms. The van der Waals surface area contributed by atoms with E-state index < -0.39 is 0 Å². The number of nitrogens with one attached hydrogen (secondary N) is 1. The van der Waals surface area contributed by atoms with Crippen LogP contribution in [0.15, 0.2) is 6.07 Å². The summed E-state index contributed by atoms with van der Waals surface area (Å²) in [6.07, 6.45) is 2.18. The zero-order chi connectivity index (χ0) is 13.3. The number of ether oxygens (including phenoxy) is 1. The number of hydrogen-bond acceptors (Lipinski definition) is 3. The summed E-state index contributed by atoms with van der Waals surface area (Å²) in [6.45, 7) is 6.20. The van der Waals surface area contributed by atoms with Gasteiger partial charge in [-0.15, -0.1) is 0 Å². The van der Waals surface area contributed by atoms with Gasteiger partial charge in [0.05, 0.1) is 13.2 Å². The van der Waals surface area contributed by atoms with E-state index in [1.54, 1.807) is 7.11 Å². The highest BCUT2D eigenvalue weighted by molar-refractivity contribution is 6.32. The fourth-order valence-electron chi connectivity index (χ4n) is 2.61. The Hall–Kier alpha value is -0.770. The SMILES string of the molecule is CCCC1Oc2cc(C)c(Cl)c(C)c2C1NOC. The molecule has 100 valence electrons. The molecule has 0 radical (unpaired) electrons. The Labute approximate surface area is 113 Å². The summed E-state index contributed by atoms with van der Waals surface area (Å²) in [5.41, 5.74) is 6.31. The van der Waals surface area contributed by atoms with Crippen molar-refractivity contribution in [2.24, 2.45) is 0 Å². The van der Waals surface area contributed by atoms with E-state index in [1.807, 2.05) is 19.9 Å². The Kier molecular flexibility index (Phi) is 4.15. The monoisotopic (exact) mass is 269 g/mol. The summed E-state index contributed by atoms with van der Waals surface area (Å²) >= 11 is 6.33. The molecule has 1 aromatic rings. The standard InChI is InChI=1S/C14H20ClNO2/c1-5-6-10-14(16-17-4)12-9(3)13(15)8(2)7-11(12)18-10/h7,10,14,16H,5-6H2,1-4H3. The first-order chi connectivity index (χ1) is 8.60. The van der Waals surface area contributed by atoms with Gasteiger partial charge in [0.1, 0.15) is 11.9 Å². The van der Waals surface area contributed by atoms with Crippen molar-refractivity contribution < 1.29 is 9.57 Å². The minimum absolute atomic E-state index is 0.0584. The second kappa shape index (κ2) is 5.47. The first kappa shape index (κ1) is 13.7. The van der Waals surface area contributed by atoms with Gasteiger partial charge >= 0.3 is 0 Å². The zero-order valence-corrected chi connectivity index (χ0v) is 12.1. The van der Waals surface area contributed by atoms with Gasteiger partial charge < -0.3 is 9.57 Å². The lowest BCUT2D eigenvalue weighted by Crippen LogP contribution is -2.30. The molecule has 0 bridgehead atoms. The van der Waals surface area contributed by atoms with Crippen LogP contribution >= 0.6 is 11.6 Å². The van der Waals surface area contributed by atoms with Crippen molar-refractivity contribution in [3.8, 4) is 5.75 Å². The molecule has 0 saturated heterocycles. The number of hydroxylamine groups is 1. The maximum Gasteiger partial charge on any atom is 0.125 e. The summed E-state index contributed by atoms with van der Waals surface area (Å²) in [5.74, 6) is 0.933. The average Bonchev–Trinajstić information content (AvgIpc) is 2.66. The molecule has 3 nitrogen and oxygen atoms in total. The average molecular weight is 270 g/mol. The normalized spacial score (nSPS) is 21.8. The Balaban J connectivity index is 2.44. The van der Waals surface area contributed by atoms with Crippen LogP contribution in [0.5, 0.6) is 5.75 Å².